The number of nitrogens with zero attached hydrogens (tertiary/aromatic N) is 3. The van der Waals surface area contributed by atoms with E-state index in [1.54, 1.807) is 18.6 Å². The molecule has 0 saturated carbocycles. The van der Waals surface area contributed by atoms with Crippen molar-refractivity contribution in [1.82, 2.24) is 14.9 Å². The molecule has 3 heterocycles. The summed E-state index contributed by atoms with van der Waals surface area (Å²) < 4.78 is 0. The number of rotatable bonds is 6. The summed E-state index contributed by atoms with van der Waals surface area (Å²) in [7, 11) is 0. The molecular formula is C24H26N4O. The fraction of sp³-hybridized carbons (Fsp3) is 0.292. The molecule has 0 radical (unpaired) electrons. The summed E-state index contributed by atoms with van der Waals surface area (Å²) >= 11 is 0. The van der Waals surface area contributed by atoms with Crippen LogP contribution in [0.1, 0.15) is 34.5 Å². The van der Waals surface area contributed by atoms with E-state index in [-0.39, 0.29) is 5.91 Å². The highest BCUT2D eigenvalue weighted by Crippen LogP contribution is 2.23. The van der Waals surface area contributed by atoms with Crippen LogP contribution in [0.15, 0.2) is 73.2 Å². The maximum atomic E-state index is 12.9. The quantitative estimate of drug-likeness (QED) is 0.690. The largest absolute Gasteiger partial charge is 0.381 e. The Morgan fingerprint density at radius 1 is 0.966 bits per heavy atom. The molecule has 1 aliphatic heterocycles. The van der Waals surface area contributed by atoms with Gasteiger partial charge in [0.05, 0.1) is 0 Å². The number of carbonyl (C=O) groups is 1. The topological polar surface area (TPSA) is 58.1 Å². The third kappa shape index (κ3) is 5.19. The summed E-state index contributed by atoms with van der Waals surface area (Å²) in [6.07, 6.45) is 8.43. The number of anilines is 1. The van der Waals surface area contributed by atoms with E-state index in [0.717, 1.165) is 43.6 Å². The van der Waals surface area contributed by atoms with Crippen LogP contribution in [0.25, 0.3) is 0 Å². The van der Waals surface area contributed by atoms with Gasteiger partial charge in [-0.15, -0.1) is 0 Å². The Morgan fingerprint density at radius 2 is 1.72 bits per heavy atom. The average Bonchev–Trinajstić information content (AvgIpc) is 2.79. The lowest BCUT2D eigenvalue weighted by molar-refractivity contribution is 0.0684. The highest BCUT2D eigenvalue weighted by molar-refractivity contribution is 5.93. The van der Waals surface area contributed by atoms with E-state index in [9.17, 15) is 4.79 Å². The Hall–Kier alpha value is -3.21. The number of likely N-dealkylation sites (tertiary alicyclic amines) is 1. The van der Waals surface area contributed by atoms with Gasteiger partial charge in [0.25, 0.3) is 5.91 Å². The molecule has 0 bridgehead atoms. The molecule has 1 fully saturated rings. The lowest BCUT2D eigenvalue weighted by atomic mass is 9.90. The molecule has 0 spiro atoms. The minimum absolute atomic E-state index is 0.0238. The molecule has 1 N–H and O–H groups in total. The fourth-order valence-electron chi connectivity index (χ4n) is 3.81. The lowest BCUT2D eigenvalue weighted by Gasteiger charge is -2.32. The second-order valence-corrected chi connectivity index (χ2v) is 7.56. The number of carbonyl (C=O) groups excluding carboxylic acids is 1. The highest BCUT2D eigenvalue weighted by Gasteiger charge is 2.24. The summed E-state index contributed by atoms with van der Waals surface area (Å²) in [6.45, 7) is 2.28. The first kappa shape index (κ1) is 19.1. The van der Waals surface area contributed by atoms with Crippen molar-refractivity contribution in [1.29, 1.82) is 0 Å². The maximum absolute atomic E-state index is 12.9. The van der Waals surface area contributed by atoms with Crippen LogP contribution in [0.5, 0.6) is 0 Å². The number of piperidine rings is 1. The van der Waals surface area contributed by atoms with Gasteiger partial charge in [0.1, 0.15) is 5.69 Å². The molecule has 5 nitrogen and oxygen atoms in total. The lowest BCUT2D eigenvalue weighted by Crippen LogP contribution is -2.39. The average molecular weight is 386 g/mol. The first-order valence-corrected chi connectivity index (χ1v) is 10.2. The van der Waals surface area contributed by atoms with Gasteiger partial charge in [0, 0.05) is 43.9 Å². The summed E-state index contributed by atoms with van der Waals surface area (Å²) in [4.78, 5) is 23.2. The van der Waals surface area contributed by atoms with Gasteiger partial charge in [-0.1, -0.05) is 30.3 Å². The number of hydrogen-bond acceptors (Lipinski definition) is 4. The van der Waals surface area contributed by atoms with Gasteiger partial charge in [0.2, 0.25) is 0 Å². The van der Waals surface area contributed by atoms with Crippen molar-refractivity contribution >= 4 is 11.6 Å². The zero-order valence-corrected chi connectivity index (χ0v) is 16.5. The standard InChI is InChI=1S/C24H26N4O/c29-24(28-14-9-20(10-15-28)16-19-4-2-1-3-5-19)23-17-22(8-13-26-23)27-18-21-6-11-25-12-7-21/h1-8,11-13,17,20H,9-10,14-16,18H2,(H,26,27). The Kier molecular flexibility index (Phi) is 6.15. The van der Waals surface area contributed by atoms with Crippen LogP contribution < -0.4 is 5.32 Å². The van der Waals surface area contributed by atoms with Crippen molar-refractivity contribution in [3.8, 4) is 0 Å². The van der Waals surface area contributed by atoms with Crippen LogP contribution in [0.2, 0.25) is 0 Å². The van der Waals surface area contributed by atoms with Crippen LogP contribution >= 0.6 is 0 Å². The van der Waals surface area contributed by atoms with Crippen molar-refractivity contribution < 1.29 is 4.79 Å². The summed E-state index contributed by atoms with van der Waals surface area (Å²) in [5.41, 5.74) is 3.93. The van der Waals surface area contributed by atoms with E-state index >= 15 is 0 Å². The molecule has 1 saturated heterocycles. The minimum Gasteiger partial charge on any atom is -0.381 e. The first-order valence-electron chi connectivity index (χ1n) is 10.2. The number of nitrogens with one attached hydrogen (secondary N) is 1. The van der Waals surface area contributed by atoms with Gasteiger partial charge < -0.3 is 10.2 Å². The molecular weight excluding hydrogens is 360 g/mol. The second kappa shape index (κ2) is 9.32. The normalized spacial score (nSPS) is 14.6. The molecule has 0 unspecified atom stereocenters. The molecule has 3 aromatic rings. The Bertz CT molecular complexity index is 922. The predicted molar refractivity (Wildman–Crippen MR) is 115 cm³/mol. The van der Waals surface area contributed by atoms with Gasteiger partial charge in [0.15, 0.2) is 0 Å². The zero-order chi connectivity index (χ0) is 19.9. The molecule has 0 atom stereocenters. The van der Waals surface area contributed by atoms with Gasteiger partial charge in [-0.05, 0) is 60.6 Å². The number of amides is 1. The van der Waals surface area contributed by atoms with Crippen molar-refractivity contribution in [2.24, 2.45) is 5.92 Å². The number of aromatic nitrogens is 2. The third-order valence-electron chi connectivity index (χ3n) is 5.49. The Morgan fingerprint density at radius 3 is 2.48 bits per heavy atom. The minimum atomic E-state index is 0.0238. The van der Waals surface area contributed by atoms with Crippen molar-refractivity contribution in [2.45, 2.75) is 25.8 Å². The molecule has 29 heavy (non-hydrogen) atoms. The van der Waals surface area contributed by atoms with Gasteiger partial charge in [-0.2, -0.15) is 0 Å². The predicted octanol–water partition coefficient (Wildman–Crippen LogP) is 4.18. The van der Waals surface area contributed by atoms with E-state index in [1.807, 2.05) is 29.2 Å². The molecule has 148 valence electrons. The van der Waals surface area contributed by atoms with E-state index in [2.05, 4.69) is 45.6 Å². The van der Waals surface area contributed by atoms with E-state index in [4.69, 9.17) is 0 Å². The van der Waals surface area contributed by atoms with Crippen molar-refractivity contribution in [3.63, 3.8) is 0 Å². The van der Waals surface area contributed by atoms with E-state index in [1.165, 1.54) is 5.56 Å². The molecule has 0 aliphatic carbocycles. The van der Waals surface area contributed by atoms with Gasteiger partial charge in [-0.25, -0.2) is 0 Å². The van der Waals surface area contributed by atoms with E-state index in [0.29, 0.717) is 18.2 Å². The second-order valence-electron chi connectivity index (χ2n) is 7.56. The van der Waals surface area contributed by atoms with Crippen LogP contribution in [0.3, 0.4) is 0 Å². The molecule has 1 aromatic carbocycles. The van der Waals surface area contributed by atoms with Gasteiger partial charge >= 0.3 is 0 Å². The fourth-order valence-corrected chi connectivity index (χ4v) is 3.81. The number of benzene rings is 1. The zero-order valence-electron chi connectivity index (χ0n) is 16.5. The van der Waals surface area contributed by atoms with Crippen molar-refractivity contribution in [2.75, 3.05) is 18.4 Å². The highest BCUT2D eigenvalue weighted by atomic mass is 16.2. The number of hydrogen-bond donors (Lipinski definition) is 1. The van der Waals surface area contributed by atoms with Crippen LogP contribution in [-0.4, -0.2) is 33.9 Å². The SMILES string of the molecule is O=C(c1cc(NCc2ccncc2)ccn1)N1CCC(Cc2ccccc2)CC1. The van der Waals surface area contributed by atoms with Gasteiger partial charge in [-0.3, -0.25) is 14.8 Å². The first-order chi connectivity index (χ1) is 14.3. The monoisotopic (exact) mass is 386 g/mol. The number of pyridine rings is 2. The maximum Gasteiger partial charge on any atom is 0.272 e. The summed E-state index contributed by atoms with van der Waals surface area (Å²) in [5, 5.41) is 3.35. The Balaban J connectivity index is 1.31. The molecule has 2 aromatic heterocycles. The smallest absolute Gasteiger partial charge is 0.272 e. The summed E-state index contributed by atoms with van der Waals surface area (Å²) in [5.74, 6) is 0.665. The Labute approximate surface area is 171 Å². The molecule has 1 aliphatic rings. The van der Waals surface area contributed by atoms with E-state index < -0.39 is 0 Å². The van der Waals surface area contributed by atoms with Crippen LogP contribution in [0, 0.1) is 5.92 Å². The molecule has 1 amide bonds. The third-order valence-corrected chi connectivity index (χ3v) is 5.49. The molecule has 5 heteroatoms. The van der Waals surface area contributed by atoms with Crippen LogP contribution in [-0.2, 0) is 13.0 Å². The van der Waals surface area contributed by atoms with Crippen LogP contribution in [0.4, 0.5) is 5.69 Å². The van der Waals surface area contributed by atoms with Crippen molar-refractivity contribution in [3.05, 3.63) is 90.0 Å². The molecule has 4 rings (SSSR count). The summed E-state index contributed by atoms with van der Waals surface area (Å²) in [6, 6.07) is 18.3.